The van der Waals surface area contributed by atoms with Crippen LogP contribution in [-0.2, 0) is 5.41 Å². The molecule has 0 atom stereocenters. The Balaban J connectivity index is 2.54. The minimum absolute atomic E-state index is 0.00903. The number of fused-ring (bicyclic) bond motifs is 3. The van der Waals surface area contributed by atoms with Crippen LogP contribution in [-0.4, -0.2) is 5.21 Å². The van der Waals surface area contributed by atoms with Gasteiger partial charge >= 0.3 is 0 Å². The summed E-state index contributed by atoms with van der Waals surface area (Å²) < 4.78 is 11.5. The summed E-state index contributed by atoms with van der Waals surface area (Å²) in [6.07, 6.45) is 1.83. The fraction of sp³-hybridized carbons (Fsp3) is 0.353. The maximum atomic E-state index is 8.92. The Hall–Kier alpha value is -2.23. The van der Waals surface area contributed by atoms with Crippen LogP contribution < -0.4 is 5.55 Å². The van der Waals surface area contributed by atoms with Crippen molar-refractivity contribution in [2.75, 3.05) is 0 Å². The highest BCUT2D eigenvalue weighted by Gasteiger charge is 2.23. The van der Waals surface area contributed by atoms with E-state index in [9.17, 15) is 0 Å². The molecular weight excluding hydrogens is 266 g/mol. The molecule has 0 spiro atoms. The first-order chi connectivity index (χ1) is 9.82. The van der Waals surface area contributed by atoms with Crippen molar-refractivity contribution in [3.63, 3.8) is 0 Å². The van der Waals surface area contributed by atoms with Crippen molar-refractivity contribution >= 4 is 21.9 Å². The molecule has 1 N–H and O–H groups in total. The van der Waals surface area contributed by atoms with E-state index in [0.717, 1.165) is 27.5 Å². The van der Waals surface area contributed by atoms with Crippen molar-refractivity contribution in [3.8, 4) is 0 Å². The summed E-state index contributed by atoms with van der Waals surface area (Å²) in [5.74, 6) is 0. The summed E-state index contributed by atoms with van der Waals surface area (Å²) in [6.45, 7) is 10.5. The lowest BCUT2D eigenvalue weighted by atomic mass is 9.85. The summed E-state index contributed by atoms with van der Waals surface area (Å²) in [6, 6.07) is 3.68. The van der Waals surface area contributed by atoms with Gasteiger partial charge in [-0.25, -0.2) is 0 Å². The first kappa shape index (κ1) is 13.7. The number of rotatable bonds is 0. The number of hydrogen-bond donors (Lipinski definition) is 1. The maximum Gasteiger partial charge on any atom is 0.255 e. The molecule has 0 aliphatic heterocycles. The van der Waals surface area contributed by atoms with Gasteiger partial charge in [0.2, 0.25) is 0 Å². The van der Waals surface area contributed by atoms with E-state index in [1.54, 1.807) is 6.07 Å². The van der Waals surface area contributed by atoms with Gasteiger partial charge in [-0.15, -0.1) is 0 Å². The standard InChI is InChI=1S/C17H19NO3/c1-9-6-12-15(10(2)7-13(18-19)21-12)16-14(9)11(8-20-16)17(3,4)5/h6-8,19H,1-5H3. The lowest BCUT2D eigenvalue weighted by molar-refractivity contribution is 0.277. The zero-order chi connectivity index (χ0) is 15.4. The third kappa shape index (κ3) is 2.02. The average Bonchev–Trinajstić information content (AvgIpc) is 2.83. The molecule has 0 saturated carbocycles. The van der Waals surface area contributed by atoms with Crippen LogP contribution >= 0.6 is 0 Å². The Bertz CT molecular complexity index is 908. The van der Waals surface area contributed by atoms with E-state index in [-0.39, 0.29) is 11.0 Å². The van der Waals surface area contributed by atoms with E-state index >= 15 is 0 Å². The number of aryl methyl sites for hydroxylation is 2. The number of hydrogen-bond acceptors (Lipinski definition) is 4. The molecule has 4 heteroatoms. The predicted molar refractivity (Wildman–Crippen MR) is 81.5 cm³/mol. The second-order valence-corrected chi connectivity index (χ2v) is 6.54. The van der Waals surface area contributed by atoms with Crippen LogP contribution in [0.5, 0.6) is 0 Å². The Morgan fingerprint density at radius 2 is 1.71 bits per heavy atom. The lowest BCUT2D eigenvalue weighted by Crippen LogP contribution is -2.10. The Kier molecular flexibility index (Phi) is 2.87. The third-order valence-electron chi connectivity index (χ3n) is 3.86. The molecule has 0 radical (unpaired) electrons. The van der Waals surface area contributed by atoms with E-state index in [0.29, 0.717) is 5.58 Å². The molecule has 0 unspecified atom stereocenters. The van der Waals surface area contributed by atoms with Crippen LogP contribution in [0.25, 0.3) is 21.9 Å². The molecular formula is C17H19NO3. The zero-order valence-corrected chi connectivity index (χ0v) is 12.9. The molecule has 0 bridgehead atoms. The first-order valence-electron chi connectivity index (χ1n) is 6.97. The van der Waals surface area contributed by atoms with Crippen molar-refractivity contribution in [3.05, 3.63) is 40.6 Å². The molecule has 4 nitrogen and oxygen atoms in total. The number of furan rings is 1. The molecule has 2 aromatic heterocycles. The Morgan fingerprint density at radius 1 is 1.05 bits per heavy atom. The van der Waals surface area contributed by atoms with E-state index in [2.05, 4.69) is 25.9 Å². The van der Waals surface area contributed by atoms with Crippen molar-refractivity contribution in [1.29, 1.82) is 0 Å². The fourth-order valence-corrected chi connectivity index (χ4v) is 2.84. The quantitative estimate of drug-likeness (QED) is 0.492. The van der Waals surface area contributed by atoms with Gasteiger partial charge in [0.05, 0.1) is 11.6 Å². The summed E-state index contributed by atoms with van der Waals surface area (Å²) in [5.41, 5.74) is 4.95. The molecule has 3 aromatic rings. The fourth-order valence-electron chi connectivity index (χ4n) is 2.84. The van der Waals surface area contributed by atoms with Gasteiger partial charge in [0.1, 0.15) is 11.2 Å². The summed E-state index contributed by atoms with van der Waals surface area (Å²) in [7, 11) is 0. The topological polar surface area (TPSA) is 58.9 Å². The lowest BCUT2D eigenvalue weighted by Gasteiger charge is -2.17. The SMILES string of the molecule is Cc1cc2oc(=NO)cc(C)c2c2occ(C(C)(C)C)c12. The molecule has 0 aliphatic rings. The first-order valence-corrected chi connectivity index (χ1v) is 6.97. The van der Waals surface area contributed by atoms with Crippen molar-refractivity contribution in [1.82, 2.24) is 0 Å². The van der Waals surface area contributed by atoms with Gasteiger partial charge in [0.15, 0.2) is 0 Å². The molecule has 0 saturated heterocycles. The second kappa shape index (κ2) is 4.38. The van der Waals surface area contributed by atoms with E-state index in [1.807, 2.05) is 26.2 Å². The molecule has 110 valence electrons. The molecule has 0 fully saturated rings. The third-order valence-corrected chi connectivity index (χ3v) is 3.86. The maximum absolute atomic E-state index is 8.92. The van der Waals surface area contributed by atoms with Crippen LogP contribution in [0.15, 0.2) is 32.4 Å². The normalized spacial score (nSPS) is 13.5. The van der Waals surface area contributed by atoms with Crippen LogP contribution in [0.3, 0.4) is 0 Å². The van der Waals surface area contributed by atoms with Crippen molar-refractivity contribution in [2.24, 2.45) is 5.16 Å². The molecule has 0 aliphatic carbocycles. The van der Waals surface area contributed by atoms with Gasteiger partial charge in [-0.1, -0.05) is 20.8 Å². The predicted octanol–water partition coefficient (Wildman–Crippen LogP) is 4.38. The van der Waals surface area contributed by atoms with Crippen LogP contribution in [0.4, 0.5) is 0 Å². The summed E-state index contributed by atoms with van der Waals surface area (Å²) >= 11 is 0. The molecule has 1 aromatic carbocycles. The monoisotopic (exact) mass is 285 g/mol. The van der Waals surface area contributed by atoms with Crippen LogP contribution in [0.1, 0.15) is 37.5 Å². The van der Waals surface area contributed by atoms with Gasteiger partial charge in [-0.2, -0.15) is 0 Å². The van der Waals surface area contributed by atoms with E-state index in [4.69, 9.17) is 14.0 Å². The Morgan fingerprint density at radius 3 is 2.33 bits per heavy atom. The smallest absolute Gasteiger partial charge is 0.255 e. The van der Waals surface area contributed by atoms with E-state index in [1.165, 1.54) is 5.56 Å². The molecule has 0 amide bonds. The number of benzene rings is 1. The Labute approximate surface area is 122 Å². The van der Waals surface area contributed by atoms with Crippen molar-refractivity contribution < 1.29 is 14.0 Å². The van der Waals surface area contributed by atoms with Gasteiger partial charge in [-0.05, 0) is 41.6 Å². The minimum Gasteiger partial charge on any atom is -0.463 e. The highest BCUT2D eigenvalue weighted by Crippen LogP contribution is 2.38. The van der Waals surface area contributed by atoms with Crippen molar-refractivity contribution in [2.45, 2.75) is 40.0 Å². The molecule has 3 rings (SSSR count). The summed E-state index contributed by atoms with van der Waals surface area (Å²) in [4.78, 5) is 0. The van der Waals surface area contributed by atoms with Gasteiger partial charge in [-0.3, -0.25) is 0 Å². The van der Waals surface area contributed by atoms with Crippen LogP contribution in [0, 0.1) is 13.8 Å². The van der Waals surface area contributed by atoms with Crippen LogP contribution in [0.2, 0.25) is 0 Å². The average molecular weight is 285 g/mol. The zero-order valence-electron chi connectivity index (χ0n) is 12.9. The second-order valence-electron chi connectivity index (χ2n) is 6.54. The molecule has 21 heavy (non-hydrogen) atoms. The van der Waals surface area contributed by atoms with E-state index < -0.39 is 0 Å². The largest absolute Gasteiger partial charge is 0.463 e. The number of nitrogens with zero attached hydrogens (tertiary/aromatic N) is 1. The summed E-state index contributed by atoms with van der Waals surface area (Å²) in [5, 5.41) is 14.1. The highest BCUT2D eigenvalue weighted by atomic mass is 16.5. The van der Waals surface area contributed by atoms with Gasteiger partial charge < -0.3 is 14.0 Å². The van der Waals surface area contributed by atoms with Gasteiger partial charge in [0.25, 0.3) is 5.55 Å². The minimum atomic E-state index is 0.00903. The highest BCUT2D eigenvalue weighted by molar-refractivity contribution is 6.06. The molecule has 2 heterocycles. The van der Waals surface area contributed by atoms with Gasteiger partial charge in [0, 0.05) is 17.0 Å².